The molecule has 0 spiro atoms. The van der Waals surface area contributed by atoms with Crippen molar-refractivity contribution in [1.29, 1.82) is 0 Å². The molecule has 4 atom stereocenters. The van der Waals surface area contributed by atoms with Crippen LogP contribution in [0.15, 0.2) is 28.9 Å². The third-order valence-corrected chi connectivity index (χ3v) is 10.5. The minimum atomic E-state index is -0.945. The summed E-state index contributed by atoms with van der Waals surface area (Å²) in [6.45, 7) is 4.28. The Labute approximate surface area is 258 Å². The van der Waals surface area contributed by atoms with Gasteiger partial charge in [0.25, 0.3) is 0 Å². The molecule has 0 radical (unpaired) electrons. The number of hydrogen-bond donors (Lipinski definition) is 2. The second-order valence-corrected chi connectivity index (χ2v) is 13.3. The van der Waals surface area contributed by atoms with Crippen LogP contribution in [0.2, 0.25) is 6.32 Å². The molecular formula is C32H43BINO6. The highest BCUT2D eigenvalue weighted by molar-refractivity contribution is 14.1. The van der Waals surface area contributed by atoms with E-state index in [1.165, 1.54) is 23.1 Å². The molecule has 222 valence electrons. The number of aromatic hydroxyl groups is 1. The quantitative estimate of drug-likeness (QED) is 0.134. The number of nitrogens with zero attached hydrogens (tertiary/aromatic N) is 1. The lowest BCUT2D eigenvalue weighted by atomic mass is 9.58. The lowest BCUT2D eigenvalue weighted by Gasteiger charge is -2.43. The van der Waals surface area contributed by atoms with Crippen molar-refractivity contribution in [3.63, 3.8) is 0 Å². The molecule has 2 heterocycles. The highest BCUT2D eigenvalue weighted by Gasteiger charge is 2.58. The molecular weight excluding hydrogens is 632 g/mol. The first-order chi connectivity index (χ1) is 19.8. The number of likely N-dealkylation sites (tertiary alicyclic amines) is 1. The Bertz CT molecular complexity index is 1220. The number of carbonyl (C=O) groups is 2. The predicted molar refractivity (Wildman–Crippen MR) is 168 cm³/mol. The maximum absolute atomic E-state index is 13.9. The zero-order valence-corrected chi connectivity index (χ0v) is 26.7. The second kappa shape index (κ2) is 13.2. The lowest BCUT2D eigenvalue weighted by Crippen LogP contribution is -2.46. The van der Waals surface area contributed by atoms with Gasteiger partial charge in [0.1, 0.15) is 0 Å². The normalized spacial score (nSPS) is 27.4. The van der Waals surface area contributed by atoms with Gasteiger partial charge in [0.15, 0.2) is 11.5 Å². The van der Waals surface area contributed by atoms with Crippen LogP contribution in [-0.4, -0.2) is 53.2 Å². The first-order valence-corrected chi connectivity index (χ1v) is 16.5. The molecule has 5 rings (SSSR count). The van der Waals surface area contributed by atoms with Crippen molar-refractivity contribution < 1.29 is 29.1 Å². The molecule has 3 fully saturated rings. The van der Waals surface area contributed by atoms with Crippen LogP contribution in [0.4, 0.5) is 0 Å². The van der Waals surface area contributed by atoms with Crippen molar-refractivity contribution in [1.82, 2.24) is 4.90 Å². The van der Waals surface area contributed by atoms with Gasteiger partial charge < -0.3 is 19.5 Å². The van der Waals surface area contributed by atoms with Gasteiger partial charge in [-0.2, -0.15) is 0 Å². The monoisotopic (exact) mass is 675 g/mol. The smallest absolute Gasteiger partial charge is 0.455 e. The maximum atomic E-state index is 13.9. The third-order valence-electron chi connectivity index (χ3n) is 9.66. The van der Waals surface area contributed by atoms with E-state index in [-0.39, 0.29) is 47.5 Å². The Kier molecular flexibility index (Phi) is 9.86. The van der Waals surface area contributed by atoms with Gasteiger partial charge in [0.2, 0.25) is 11.8 Å². The molecule has 1 aromatic rings. The number of phenolic OH excluding ortho intramolecular Hbond substituents is 1. The Morgan fingerprint density at radius 3 is 2.61 bits per heavy atom. The van der Waals surface area contributed by atoms with Crippen molar-refractivity contribution in [2.45, 2.75) is 103 Å². The number of hydrogen-bond acceptors (Lipinski definition) is 6. The summed E-state index contributed by atoms with van der Waals surface area (Å²) in [6.07, 6.45) is 12.2. The molecule has 1 aromatic carbocycles. The van der Waals surface area contributed by atoms with Crippen LogP contribution < -0.4 is 4.74 Å². The summed E-state index contributed by atoms with van der Waals surface area (Å²) in [6, 6.07) is 3.81. The largest absolute Gasteiger partial charge is 0.504 e. The van der Waals surface area contributed by atoms with E-state index >= 15 is 0 Å². The number of carbonyl (C=O) groups excluding carboxylic acids is 2. The molecule has 0 bridgehead atoms. The summed E-state index contributed by atoms with van der Waals surface area (Å²) in [5, 5.41) is 21.1. The average molecular weight is 675 g/mol. The first kappa shape index (κ1) is 30.6. The number of benzene rings is 1. The van der Waals surface area contributed by atoms with Crippen LogP contribution >= 0.6 is 22.6 Å². The van der Waals surface area contributed by atoms with Gasteiger partial charge in [-0.15, -0.1) is 0 Å². The highest BCUT2D eigenvalue weighted by atomic mass is 127. The van der Waals surface area contributed by atoms with E-state index in [1.54, 1.807) is 12.0 Å². The standard InChI is InChI=1S/C32H43BINO6/c1-4-9-21-17-23-29(32(38)35(31(23)37)22-10-7-6-8-11-22)24-18-33(39)41-26(28(21)24)13-12-19(5-2)14-20-15-25(34)30(36)27(16-20)40-3/h14-16,22-24,26,29,36,39H,4-13,17-18H2,1-3H3/b19-14+/t23-,24+,26-,29-/m1/s1. The van der Waals surface area contributed by atoms with Crippen molar-refractivity contribution in [2.75, 3.05) is 7.11 Å². The van der Waals surface area contributed by atoms with E-state index in [4.69, 9.17) is 9.39 Å². The minimum Gasteiger partial charge on any atom is -0.504 e. The topological polar surface area (TPSA) is 96.3 Å². The zero-order chi connectivity index (χ0) is 29.3. The van der Waals surface area contributed by atoms with E-state index in [0.717, 1.165) is 60.5 Å². The van der Waals surface area contributed by atoms with E-state index in [2.05, 4.69) is 42.5 Å². The summed E-state index contributed by atoms with van der Waals surface area (Å²) in [4.78, 5) is 29.3. The number of halogens is 1. The third kappa shape index (κ3) is 6.14. The Morgan fingerprint density at radius 1 is 1.17 bits per heavy atom. The number of amides is 2. The van der Waals surface area contributed by atoms with Gasteiger partial charge in [-0.25, -0.2) is 0 Å². The van der Waals surface area contributed by atoms with Crippen molar-refractivity contribution in [3.05, 3.63) is 38.0 Å². The molecule has 0 unspecified atom stereocenters. The second-order valence-electron chi connectivity index (χ2n) is 12.2. The van der Waals surface area contributed by atoms with Gasteiger partial charge >= 0.3 is 7.12 Å². The highest BCUT2D eigenvalue weighted by Crippen LogP contribution is 2.52. The Hall–Kier alpha value is -1.85. The van der Waals surface area contributed by atoms with E-state index in [1.807, 2.05) is 12.1 Å². The first-order valence-electron chi connectivity index (χ1n) is 15.4. The summed E-state index contributed by atoms with van der Waals surface area (Å²) < 4.78 is 12.3. The molecule has 2 N–H and O–H groups in total. The number of imide groups is 1. The Morgan fingerprint density at radius 2 is 1.93 bits per heavy atom. The SMILES string of the molecule is CCCC1=C2[C@@H](CC/C(=C/c3cc(I)c(O)c(OC)c3)CC)OB(O)C[C@@H]2[C@@H]2C(=O)N(C3CCCCC3)C(=O)[C@@H]2C1. The summed E-state index contributed by atoms with van der Waals surface area (Å²) in [7, 11) is 0.605. The van der Waals surface area contributed by atoms with Gasteiger partial charge in [-0.3, -0.25) is 14.5 Å². The van der Waals surface area contributed by atoms with Crippen LogP contribution in [0.5, 0.6) is 11.5 Å². The fourth-order valence-electron chi connectivity index (χ4n) is 7.76. The van der Waals surface area contributed by atoms with Crippen molar-refractivity contribution in [2.24, 2.45) is 17.8 Å². The predicted octanol–water partition coefficient (Wildman–Crippen LogP) is 6.51. The van der Waals surface area contributed by atoms with E-state index < -0.39 is 7.12 Å². The van der Waals surface area contributed by atoms with Crippen LogP contribution in [0.3, 0.4) is 0 Å². The molecule has 2 saturated heterocycles. The molecule has 2 aliphatic carbocycles. The van der Waals surface area contributed by atoms with Gasteiger partial charge in [0, 0.05) is 6.04 Å². The van der Waals surface area contributed by atoms with Crippen molar-refractivity contribution in [3.8, 4) is 11.5 Å². The molecule has 41 heavy (non-hydrogen) atoms. The lowest BCUT2D eigenvalue weighted by molar-refractivity contribution is -0.143. The zero-order valence-electron chi connectivity index (χ0n) is 24.5. The summed E-state index contributed by atoms with van der Waals surface area (Å²) >= 11 is 2.11. The van der Waals surface area contributed by atoms with E-state index in [0.29, 0.717) is 24.9 Å². The number of allylic oxidation sites excluding steroid dienone is 2. The van der Waals surface area contributed by atoms with Crippen LogP contribution in [0, 0.1) is 21.3 Å². The minimum absolute atomic E-state index is 0.0113. The molecule has 1 saturated carbocycles. The summed E-state index contributed by atoms with van der Waals surface area (Å²) in [5.74, 6) is -0.227. The van der Waals surface area contributed by atoms with Crippen LogP contribution in [0.1, 0.15) is 90.0 Å². The van der Waals surface area contributed by atoms with Crippen LogP contribution in [-0.2, 0) is 14.2 Å². The maximum Gasteiger partial charge on any atom is 0.455 e. The van der Waals surface area contributed by atoms with E-state index in [9.17, 15) is 19.7 Å². The summed E-state index contributed by atoms with van der Waals surface area (Å²) in [5.41, 5.74) is 4.65. The molecule has 4 aliphatic rings. The number of ether oxygens (including phenoxy) is 1. The number of phenols is 1. The van der Waals surface area contributed by atoms with Crippen molar-refractivity contribution >= 4 is 47.6 Å². The number of methoxy groups -OCH3 is 1. The molecule has 2 aliphatic heterocycles. The Balaban J connectivity index is 1.40. The van der Waals surface area contributed by atoms with Crippen LogP contribution in [0.25, 0.3) is 6.08 Å². The van der Waals surface area contributed by atoms with Gasteiger partial charge in [-0.05, 0) is 103 Å². The molecule has 0 aromatic heterocycles. The number of fused-ring (bicyclic) bond motifs is 3. The average Bonchev–Trinajstić information content (AvgIpc) is 3.22. The fraction of sp³-hybridized carbons (Fsp3) is 0.625. The van der Waals surface area contributed by atoms with Gasteiger partial charge in [0.05, 0.1) is 28.6 Å². The molecule has 9 heteroatoms. The number of rotatable bonds is 9. The fourth-order valence-corrected chi connectivity index (χ4v) is 8.39. The van der Waals surface area contributed by atoms with Gasteiger partial charge in [-0.1, -0.05) is 56.8 Å². The molecule has 2 amide bonds. The molecule has 7 nitrogen and oxygen atoms in total.